The number of nitrogens with zero attached hydrogens (tertiary/aromatic N) is 4. The van der Waals surface area contributed by atoms with Crippen LogP contribution in [-0.4, -0.2) is 45.0 Å². The number of hydrogen-bond donors (Lipinski definition) is 1. The van der Waals surface area contributed by atoms with Gasteiger partial charge < -0.3 is 19.2 Å². The number of carbonyl (C=O) groups excluding carboxylic acids is 1. The molecule has 3 aromatic heterocycles. The van der Waals surface area contributed by atoms with Gasteiger partial charge in [0.2, 0.25) is 0 Å². The van der Waals surface area contributed by atoms with Crippen LogP contribution in [0, 0.1) is 0 Å². The average Bonchev–Trinajstić information content (AvgIpc) is 3.35. The van der Waals surface area contributed by atoms with E-state index in [0.717, 1.165) is 22.9 Å². The molecular formula is C16H17N5O2S. The highest BCUT2D eigenvalue weighted by Crippen LogP contribution is 2.27. The van der Waals surface area contributed by atoms with Gasteiger partial charge in [-0.15, -0.1) is 11.3 Å². The van der Waals surface area contributed by atoms with Gasteiger partial charge in [0.15, 0.2) is 0 Å². The predicted molar refractivity (Wildman–Crippen MR) is 89.7 cm³/mol. The van der Waals surface area contributed by atoms with E-state index in [4.69, 9.17) is 4.42 Å². The molecule has 0 bridgehead atoms. The summed E-state index contributed by atoms with van der Waals surface area (Å²) in [6, 6.07) is 1.75. The van der Waals surface area contributed by atoms with Gasteiger partial charge in [-0.1, -0.05) is 0 Å². The lowest BCUT2D eigenvalue weighted by Gasteiger charge is -2.35. The Morgan fingerprint density at radius 3 is 3.17 bits per heavy atom. The number of piperazine rings is 1. The summed E-state index contributed by atoms with van der Waals surface area (Å²) >= 11 is 1.45. The minimum absolute atomic E-state index is 0.0597. The summed E-state index contributed by atoms with van der Waals surface area (Å²) in [6.45, 7) is 2.09. The Bertz CT molecular complexity index is 838. The third kappa shape index (κ3) is 2.63. The highest BCUT2D eigenvalue weighted by atomic mass is 32.1. The molecule has 1 saturated heterocycles. The van der Waals surface area contributed by atoms with Gasteiger partial charge >= 0.3 is 0 Å². The lowest BCUT2D eigenvalue weighted by molar-refractivity contribution is 0.0615. The van der Waals surface area contributed by atoms with Crippen LogP contribution in [0.4, 0.5) is 0 Å². The Labute approximate surface area is 142 Å². The molecule has 0 aromatic carbocycles. The van der Waals surface area contributed by atoms with E-state index < -0.39 is 0 Å². The van der Waals surface area contributed by atoms with Crippen molar-refractivity contribution in [2.75, 3.05) is 19.6 Å². The first-order valence-corrected chi connectivity index (χ1v) is 8.59. The fraction of sp³-hybridized carbons (Fsp3) is 0.312. The number of aromatic nitrogens is 3. The van der Waals surface area contributed by atoms with Gasteiger partial charge in [0.25, 0.3) is 5.91 Å². The summed E-state index contributed by atoms with van der Waals surface area (Å²) in [5, 5.41) is 5.93. The first-order valence-electron chi connectivity index (χ1n) is 7.71. The quantitative estimate of drug-likeness (QED) is 0.786. The van der Waals surface area contributed by atoms with E-state index in [0.29, 0.717) is 18.8 Å². The molecule has 8 heteroatoms. The molecule has 1 amide bonds. The van der Waals surface area contributed by atoms with Crippen LogP contribution in [0.5, 0.6) is 0 Å². The molecule has 7 nitrogen and oxygen atoms in total. The normalized spacial score (nSPS) is 18.0. The molecule has 1 aliphatic heterocycles. The van der Waals surface area contributed by atoms with E-state index in [1.165, 1.54) is 11.3 Å². The summed E-state index contributed by atoms with van der Waals surface area (Å²) < 4.78 is 7.04. The minimum Gasteiger partial charge on any atom is -0.472 e. The van der Waals surface area contributed by atoms with Crippen LogP contribution < -0.4 is 5.32 Å². The molecule has 124 valence electrons. The van der Waals surface area contributed by atoms with Gasteiger partial charge in [-0.25, -0.2) is 9.97 Å². The molecule has 1 fully saturated rings. The van der Waals surface area contributed by atoms with Crippen LogP contribution in [0.1, 0.15) is 22.4 Å². The molecule has 4 heterocycles. The standard InChI is InChI=1S/C16H17N5O2S/c1-20-5-4-18-14(20)13-8-17-3-6-21(13)16(22)12-10-24-15(19-12)11-2-7-23-9-11/h2,4-5,7,9-10,13,17H,3,6,8H2,1H3. The Morgan fingerprint density at radius 1 is 1.50 bits per heavy atom. The van der Waals surface area contributed by atoms with Crippen molar-refractivity contribution in [2.24, 2.45) is 7.05 Å². The Balaban J connectivity index is 1.61. The number of aryl methyl sites for hydroxylation is 1. The Kier molecular flexibility index (Phi) is 3.91. The van der Waals surface area contributed by atoms with E-state index in [1.54, 1.807) is 18.7 Å². The van der Waals surface area contributed by atoms with Crippen LogP contribution in [0.3, 0.4) is 0 Å². The number of furan rings is 1. The van der Waals surface area contributed by atoms with Crippen molar-refractivity contribution < 1.29 is 9.21 Å². The zero-order valence-corrected chi connectivity index (χ0v) is 14.0. The first kappa shape index (κ1) is 15.1. The van der Waals surface area contributed by atoms with Crippen LogP contribution in [0.25, 0.3) is 10.6 Å². The zero-order valence-electron chi connectivity index (χ0n) is 13.2. The molecule has 1 N–H and O–H groups in total. The van der Waals surface area contributed by atoms with Gasteiger partial charge in [-0.05, 0) is 6.07 Å². The van der Waals surface area contributed by atoms with Crippen molar-refractivity contribution in [3.63, 3.8) is 0 Å². The third-order valence-electron chi connectivity index (χ3n) is 4.15. The molecular weight excluding hydrogens is 326 g/mol. The highest BCUT2D eigenvalue weighted by Gasteiger charge is 2.32. The molecule has 1 aliphatic rings. The Hall–Kier alpha value is -2.45. The van der Waals surface area contributed by atoms with Crippen LogP contribution in [0.15, 0.2) is 40.8 Å². The van der Waals surface area contributed by atoms with Gasteiger partial charge in [-0.3, -0.25) is 4.79 Å². The van der Waals surface area contributed by atoms with Crippen molar-refractivity contribution in [3.8, 4) is 10.6 Å². The zero-order chi connectivity index (χ0) is 16.5. The van der Waals surface area contributed by atoms with Gasteiger partial charge in [-0.2, -0.15) is 0 Å². The smallest absolute Gasteiger partial charge is 0.274 e. The number of hydrogen-bond acceptors (Lipinski definition) is 6. The average molecular weight is 343 g/mol. The summed E-state index contributed by atoms with van der Waals surface area (Å²) in [5.41, 5.74) is 1.36. The number of carbonyl (C=O) groups is 1. The number of nitrogens with one attached hydrogen (secondary N) is 1. The van der Waals surface area contributed by atoms with Gasteiger partial charge in [0, 0.05) is 50.0 Å². The maximum Gasteiger partial charge on any atom is 0.274 e. The van der Waals surface area contributed by atoms with Crippen molar-refractivity contribution in [2.45, 2.75) is 6.04 Å². The fourth-order valence-corrected chi connectivity index (χ4v) is 3.69. The van der Waals surface area contributed by atoms with Gasteiger partial charge in [0.1, 0.15) is 28.8 Å². The highest BCUT2D eigenvalue weighted by molar-refractivity contribution is 7.13. The number of thiazole rings is 1. The van der Waals surface area contributed by atoms with E-state index in [-0.39, 0.29) is 11.9 Å². The number of amides is 1. The SMILES string of the molecule is Cn1ccnc1C1CNCCN1C(=O)c1csc(-c2ccoc2)n1. The van der Waals surface area contributed by atoms with Crippen molar-refractivity contribution in [1.82, 2.24) is 24.8 Å². The second-order valence-electron chi connectivity index (χ2n) is 5.66. The van der Waals surface area contributed by atoms with Crippen LogP contribution in [0.2, 0.25) is 0 Å². The van der Waals surface area contributed by atoms with Crippen LogP contribution >= 0.6 is 11.3 Å². The maximum absolute atomic E-state index is 13.0. The second kappa shape index (κ2) is 6.21. The second-order valence-corrected chi connectivity index (χ2v) is 6.52. The molecule has 4 rings (SSSR count). The van der Waals surface area contributed by atoms with Crippen LogP contribution in [-0.2, 0) is 7.05 Å². The molecule has 1 atom stereocenters. The predicted octanol–water partition coefficient (Wildman–Crippen LogP) is 1.92. The summed E-state index contributed by atoms with van der Waals surface area (Å²) in [6.07, 6.45) is 6.89. The number of imidazole rings is 1. The van der Waals surface area contributed by atoms with E-state index in [2.05, 4.69) is 15.3 Å². The molecule has 1 unspecified atom stereocenters. The van der Waals surface area contributed by atoms with Gasteiger partial charge in [0.05, 0.1) is 6.26 Å². The summed E-state index contributed by atoms with van der Waals surface area (Å²) in [4.78, 5) is 23.7. The monoisotopic (exact) mass is 343 g/mol. The maximum atomic E-state index is 13.0. The summed E-state index contributed by atoms with van der Waals surface area (Å²) in [5.74, 6) is 0.816. The fourth-order valence-electron chi connectivity index (χ4n) is 2.91. The van der Waals surface area contributed by atoms with E-state index in [9.17, 15) is 4.79 Å². The lowest BCUT2D eigenvalue weighted by atomic mass is 10.1. The third-order valence-corrected chi connectivity index (χ3v) is 5.04. The van der Waals surface area contributed by atoms with Crippen molar-refractivity contribution in [1.29, 1.82) is 0 Å². The molecule has 24 heavy (non-hydrogen) atoms. The number of rotatable bonds is 3. The Morgan fingerprint density at radius 2 is 2.42 bits per heavy atom. The molecule has 0 aliphatic carbocycles. The van der Waals surface area contributed by atoms with Crippen molar-refractivity contribution in [3.05, 3.63) is 47.9 Å². The molecule has 0 radical (unpaired) electrons. The minimum atomic E-state index is -0.0923. The van der Waals surface area contributed by atoms with Crippen molar-refractivity contribution >= 4 is 17.2 Å². The molecule has 0 saturated carbocycles. The molecule has 3 aromatic rings. The first-order chi connectivity index (χ1) is 11.7. The summed E-state index contributed by atoms with van der Waals surface area (Å²) in [7, 11) is 1.94. The molecule has 0 spiro atoms. The largest absolute Gasteiger partial charge is 0.472 e. The lowest BCUT2D eigenvalue weighted by Crippen LogP contribution is -2.49. The van der Waals surface area contributed by atoms with E-state index in [1.807, 2.05) is 34.2 Å². The van der Waals surface area contributed by atoms with E-state index >= 15 is 0 Å². The topological polar surface area (TPSA) is 76.2 Å².